The molecule has 1 N–H and O–H groups in total. The summed E-state index contributed by atoms with van der Waals surface area (Å²) in [4.78, 5) is 14.1. The maximum atomic E-state index is 12.4. The highest BCUT2D eigenvalue weighted by atomic mass is 79.9. The quantitative estimate of drug-likeness (QED) is 0.611. The summed E-state index contributed by atoms with van der Waals surface area (Å²) in [6.07, 6.45) is 2.48. The highest BCUT2D eigenvalue weighted by molar-refractivity contribution is 9.10. The number of amides is 1. The molecule has 1 fully saturated rings. The van der Waals surface area contributed by atoms with Gasteiger partial charge in [-0.05, 0) is 24.5 Å². The molecule has 26 heavy (non-hydrogen) atoms. The highest BCUT2D eigenvalue weighted by Gasteiger charge is 2.16. The maximum absolute atomic E-state index is 12.4. The van der Waals surface area contributed by atoms with Gasteiger partial charge in [-0.15, -0.1) is 10.2 Å². The van der Waals surface area contributed by atoms with E-state index < -0.39 is 0 Å². The van der Waals surface area contributed by atoms with Crippen LogP contribution in [0.25, 0.3) is 0 Å². The lowest BCUT2D eigenvalue weighted by atomic mass is 10.2. The fourth-order valence-corrected chi connectivity index (χ4v) is 4.66. The molecule has 3 rings (SSSR count). The number of thioether (sulfide) groups is 1. The Balaban J connectivity index is 1.43. The molecule has 1 amide bonds. The number of carbonyl (C=O) groups is 1. The number of hydrogen-bond acceptors (Lipinski definition) is 7. The van der Waals surface area contributed by atoms with Crippen molar-refractivity contribution in [3.05, 3.63) is 34.3 Å². The highest BCUT2D eigenvalue weighted by Crippen LogP contribution is 2.26. The number of carbonyl (C=O) groups excluding carboxylic acids is 1. The Morgan fingerprint density at radius 2 is 2.31 bits per heavy atom. The largest absolute Gasteiger partial charge is 0.376 e. The number of benzene rings is 1. The molecular weight excluding hydrogens is 436 g/mol. The molecule has 1 aliphatic heterocycles. The van der Waals surface area contributed by atoms with Crippen molar-refractivity contribution >= 4 is 50.1 Å². The lowest BCUT2D eigenvalue weighted by Crippen LogP contribution is -2.27. The summed E-state index contributed by atoms with van der Waals surface area (Å²) in [6, 6.07) is 7.93. The molecule has 1 atom stereocenters. The van der Waals surface area contributed by atoms with E-state index >= 15 is 0 Å². The van der Waals surface area contributed by atoms with Crippen molar-refractivity contribution in [3.8, 4) is 0 Å². The Bertz CT molecular complexity index is 737. The number of hydrogen-bond donors (Lipinski definition) is 1. The summed E-state index contributed by atoms with van der Waals surface area (Å²) in [5, 5.41) is 12.3. The van der Waals surface area contributed by atoms with E-state index in [2.05, 4.69) is 31.4 Å². The molecule has 9 heteroatoms. The molecule has 1 aromatic carbocycles. The van der Waals surface area contributed by atoms with Crippen LogP contribution in [0.2, 0.25) is 0 Å². The fourth-order valence-electron chi connectivity index (χ4n) is 2.55. The summed E-state index contributed by atoms with van der Waals surface area (Å²) < 4.78 is 7.39. The zero-order valence-corrected chi connectivity index (χ0v) is 17.7. The SMILES string of the molecule is CN(Cc1ccccc1Br)C(=O)CSc1nnc(NCC2CCCO2)s1. The first kappa shape index (κ1) is 19.6. The molecule has 140 valence electrons. The Labute approximate surface area is 169 Å². The minimum absolute atomic E-state index is 0.0646. The molecule has 2 heterocycles. The van der Waals surface area contributed by atoms with Gasteiger partial charge < -0.3 is 15.0 Å². The Morgan fingerprint density at radius 1 is 1.46 bits per heavy atom. The van der Waals surface area contributed by atoms with E-state index in [9.17, 15) is 4.79 Å². The Morgan fingerprint density at radius 3 is 3.08 bits per heavy atom. The third-order valence-electron chi connectivity index (χ3n) is 4.02. The van der Waals surface area contributed by atoms with Gasteiger partial charge in [-0.25, -0.2) is 0 Å². The van der Waals surface area contributed by atoms with E-state index in [1.54, 1.807) is 4.90 Å². The van der Waals surface area contributed by atoms with Crippen molar-refractivity contribution in [1.29, 1.82) is 0 Å². The Hall–Kier alpha value is -1.16. The van der Waals surface area contributed by atoms with Gasteiger partial charge in [-0.3, -0.25) is 4.79 Å². The maximum Gasteiger partial charge on any atom is 0.233 e. The number of aromatic nitrogens is 2. The topological polar surface area (TPSA) is 67.4 Å². The summed E-state index contributed by atoms with van der Waals surface area (Å²) in [5.74, 6) is 0.413. The van der Waals surface area contributed by atoms with Crippen molar-refractivity contribution < 1.29 is 9.53 Å². The van der Waals surface area contributed by atoms with E-state index in [0.29, 0.717) is 12.3 Å². The van der Waals surface area contributed by atoms with Crippen LogP contribution >= 0.6 is 39.0 Å². The lowest BCUT2D eigenvalue weighted by Gasteiger charge is -2.17. The predicted molar refractivity (Wildman–Crippen MR) is 109 cm³/mol. The molecule has 0 radical (unpaired) electrons. The molecule has 1 aliphatic rings. The van der Waals surface area contributed by atoms with Gasteiger partial charge >= 0.3 is 0 Å². The number of ether oxygens (including phenoxy) is 1. The van der Waals surface area contributed by atoms with Gasteiger partial charge in [-0.2, -0.15) is 0 Å². The van der Waals surface area contributed by atoms with Gasteiger partial charge in [0.15, 0.2) is 4.34 Å². The first-order chi connectivity index (χ1) is 12.6. The fraction of sp³-hybridized carbons (Fsp3) is 0.471. The zero-order chi connectivity index (χ0) is 18.4. The second-order valence-electron chi connectivity index (χ2n) is 6.02. The van der Waals surface area contributed by atoms with Crippen LogP contribution in [-0.4, -0.2) is 53.1 Å². The van der Waals surface area contributed by atoms with Crippen LogP contribution in [0.5, 0.6) is 0 Å². The van der Waals surface area contributed by atoms with Crippen molar-refractivity contribution in [2.24, 2.45) is 0 Å². The van der Waals surface area contributed by atoms with Crippen LogP contribution in [0.4, 0.5) is 5.13 Å². The molecule has 1 unspecified atom stereocenters. The van der Waals surface area contributed by atoms with Crippen molar-refractivity contribution in [1.82, 2.24) is 15.1 Å². The smallest absolute Gasteiger partial charge is 0.233 e. The predicted octanol–water partition coefficient (Wildman–Crippen LogP) is 3.64. The van der Waals surface area contributed by atoms with Gasteiger partial charge in [0, 0.05) is 31.2 Å². The minimum Gasteiger partial charge on any atom is -0.376 e. The molecule has 6 nitrogen and oxygen atoms in total. The molecule has 1 aromatic heterocycles. The number of nitrogens with one attached hydrogen (secondary N) is 1. The normalized spacial score (nSPS) is 16.6. The number of halogens is 1. The number of anilines is 1. The summed E-state index contributed by atoms with van der Waals surface area (Å²) in [5.41, 5.74) is 1.09. The third-order valence-corrected chi connectivity index (χ3v) is 6.79. The monoisotopic (exact) mass is 456 g/mol. The summed E-state index contributed by atoms with van der Waals surface area (Å²) in [7, 11) is 1.82. The van der Waals surface area contributed by atoms with Gasteiger partial charge in [0.2, 0.25) is 11.0 Å². The first-order valence-corrected chi connectivity index (χ1v) is 11.0. The first-order valence-electron chi connectivity index (χ1n) is 8.41. The van der Waals surface area contributed by atoms with Crippen LogP contribution in [0.1, 0.15) is 18.4 Å². The molecule has 0 spiro atoms. The Kier molecular flexibility index (Phi) is 7.30. The summed E-state index contributed by atoms with van der Waals surface area (Å²) >= 11 is 6.41. The molecule has 2 aromatic rings. The molecular formula is C17H21BrN4O2S2. The average molecular weight is 457 g/mol. The van der Waals surface area contributed by atoms with Crippen LogP contribution in [0.3, 0.4) is 0 Å². The van der Waals surface area contributed by atoms with Gasteiger partial charge in [-0.1, -0.05) is 57.2 Å². The second kappa shape index (κ2) is 9.68. The van der Waals surface area contributed by atoms with Gasteiger partial charge in [0.25, 0.3) is 0 Å². The van der Waals surface area contributed by atoms with Crippen LogP contribution in [0.15, 0.2) is 33.1 Å². The lowest BCUT2D eigenvalue weighted by molar-refractivity contribution is -0.127. The minimum atomic E-state index is 0.0646. The van der Waals surface area contributed by atoms with Crippen LogP contribution in [-0.2, 0) is 16.1 Å². The molecule has 0 aliphatic carbocycles. The molecule has 1 saturated heterocycles. The van der Waals surface area contributed by atoms with E-state index in [1.165, 1.54) is 23.1 Å². The van der Waals surface area contributed by atoms with E-state index in [1.807, 2.05) is 31.3 Å². The van der Waals surface area contributed by atoms with E-state index in [0.717, 1.165) is 45.5 Å². The molecule has 0 bridgehead atoms. The molecule has 0 saturated carbocycles. The van der Waals surface area contributed by atoms with Gasteiger partial charge in [0.05, 0.1) is 11.9 Å². The van der Waals surface area contributed by atoms with Crippen molar-refractivity contribution in [2.75, 3.05) is 31.3 Å². The average Bonchev–Trinajstić information content (AvgIpc) is 3.31. The van der Waals surface area contributed by atoms with Crippen molar-refractivity contribution in [2.45, 2.75) is 29.8 Å². The van der Waals surface area contributed by atoms with E-state index in [4.69, 9.17) is 4.74 Å². The number of nitrogens with zero attached hydrogens (tertiary/aromatic N) is 3. The number of rotatable bonds is 8. The zero-order valence-electron chi connectivity index (χ0n) is 14.5. The summed E-state index contributed by atoms with van der Waals surface area (Å²) in [6.45, 7) is 2.18. The van der Waals surface area contributed by atoms with Crippen molar-refractivity contribution in [3.63, 3.8) is 0 Å². The van der Waals surface area contributed by atoms with E-state index in [-0.39, 0.29) is 12.0 Å². The van der Waals surface area contributed by atoms with Crippen LogP contribution < -0.4 is 5.32 Å². The van der Waals surface area contributed by atoms with Gasteiger partial charge in [0.1, 0.15) is 0 Å². The standard InChI is InChI=1S/C17H21BrN4O2S2/c1-22(10-12-5-2-3-7-14(12)18)15(23)11-25-17-21-20-16(26-17)19-9-13-6-4-8-24-13/h2-3,5,7,13H,4,6,8-11H2,1H3,(H,19,20). The van der Waals surface area contributed by atoms with Crippen LogP contribution in [0, 0.1) is 0 Å². The third kappa shape index (κ3) is 5.67. The second-order valence-corrected chi connectivity index (χ2v) is 9.07.